The molecule has 0 amide bonds. The molecule has 1 aliphatic heterocycles. The number of nitrogens with zero attached hydrogens (tertiary/aromatic N) is 5. The van der Waals surface area contributed by atoms with Gasteiger partial charge >= 0.3 is 0 Å². The fourth-order valence-electron chi connectivity index (χ4n) is 3.32. The van der Waals surface area contributed by atoms with E-state index in [1.807, 2.05) is 19.1 Å². The van der Waals surface area contributed by atoms with E-state index in [-0.39, 0.29) is 5.92 Å². The molecular weight excluding hydrogens is 386 g/mol. The number of fused-ring (bicyclic) bond motifs is 1. The van der Waals surface area contributed by atoms with Crippen LogP contribution < -0.4 is 4.74 Å². The number of thiophene rings is 1. The van der Waals surface area contributed by atoms with E-state index in [9.17, 15) is 8.42 Å². The zero-order valence-corrected chi connectivity index (χ0v) is 16.8. The minimum absolute atomic E-state index is 0.112. The van der Waals surface area contributed by atoms with Crippen LogP contribution in [0.3, 0.4) is 0 Å². The lowest BCUT2D eigenvalue weighted by molar-refractivity contribution is 0.311. The second-order valence-electron chi connectivity index (χ2n) is 6.46. The number of rotatable bonds is 5. The van der Waals surface area contributed by atoms with E-state index in [2.05, 4.69) is 15.3 Å². The first-order chi connectivity index (χ1) is 13.0. The fraction of sp³-hybridized carbons (Fsp3) is 0.471. The maximum atomic E-state index is 12.9. The second-order valence-corrected chi connectivity index (χ2v) is 9.79. The first kappa shape index (κ1) is 18.3. The summed E-state index contributed by atoms with van der Waals surface area (Å²) in [6.45, 7) is 2.95. The third-order valence-electron chi connectivity index (χ3n) is 4.87. The van der Waals surface area contributed by atoms with E-state index in [4.69, 9.17) is 4.74 Å². The zero-order chi connectivity index (χ0) is 19.0. The highest BCUT2D eigenvalue weighted by atomic mass is 32.2. The molecule has 3 aromatic rings. The van der Waals surface area contributed by atoms with Gasteiger partial charge < -0.3 is 4.74 Å². The number of piperidine rings is 1. The van der Waals surface area contributed by atoms with Gasteiger partial charge in [0, 0.05) is 30.0 Å². The van der Waals surface area contributed by atoms with E-state index >= 15 is 0 Å². The van der Waals surface area contributed by atoms with Gasteiger partial charge in [-0.1, -0.05) is 6.92 Å². The van der Waals surface area contributed by atoms with Gasteiger partial charge in [-0.15, -0.1) is 26.6 Å². The number of hydrogen-bond donors (Lipinski definition) is 0. The number of aryl methyl sites for hydroxylation is 1. The van der Waals surface area contributed by atoms with Crippen molar-refractivity contribution in [2.75, 3.05) is 20.2 Å². The number of methoxy groups -OCH3 is 1. The molecule has 27 heavy (non-hydrogen) atoms. The van der Waals surface area contributed by atoms with Gasteiger partial charge in [0.2, 0.25) is 5.88 Å². The Morgan fingerprint density at radius 2 is 1.96 bits per heavy atom. The normalized spacial score (nSPS) is 16.8. The Morgan fingerprint density at radius 3 is 2.63 bits per heavy atom. The van der Waals surface area contributed by atoms with Crippen molar-refractivity contribution in [2.45, 2.75) is 36.3 Å². The Kier molecular flexibility index (Phi) is 4.87. The van der Waals surface area contributed by atoms with Crippen LogP contribution in [0.25, 0.3) is 5.65 Å². The van der Waals surface area contributed by atoms with Gasteiger partial charge in [-0.25, -0.2) is 8.42 Å². The minimum Gasteiger partial charge on any atom is -0.480 e. The van der Waals surface area contributed by atoms with Crippen molar-refractivity contribution in [1.29, 1.82) is 0 Å². The van der Waals surface area contributed by atoms with Crippen molar-refractivity contribution in [3.05, 3.63) is 35.0 Å². The van der Waals surface area contributed by atoms with Crippen LogP contribution in [0.5, 0.6) is 5.88 Å². The molecule has 1 aliphatic rings. The van der Waals surface area contributed by atoms with Crippen LogP contribution in [-0.2, 0) is 16.4 Å². The molecule has 0 bridgehead atoms. The molecule has 0 aliphatic carbocycles. The monoisotopic (exact) mass is 407 g/mol. The minimum atomic E-state index is -3.42. The molecule has 4 heterocycles. The fourth-order valence-corrected chi connectivity index (χ4v) is 6.24. The molecule has 0 saturated carbocycles. The van der Waals surface area contributed by atoms with Gasteiger partial charge in [-0.2, -0.15) is 8.82 Å². The average molecular weight is 408 g/mol. The first-order valence-electron chi connectivity index (χ1n) is 8.88. The van der Waals surface area contributed by atoms with Crippen molar-refractivity contribution >= 4 is 27.0 Å². The molecule has 3 aromatic heterocycles. The number of sulfonamides is 1. The quantitative estimate of drug-likeness (QED) is 0.645. The summed E-state index contributed by atoms with van der Waals surface area (Å²) in [4.78, 5) is 1.08. The molecular formula is C17H21N5O3S2. The van der Waals surface area contributed by atoms with E-state index in [1.54, 1.807) is 28.1 Å². The Morgan fingerprint density at radius 1 is 1.19 bits per heavy atom. The SMILES string of the molecule is CCc1ccc(S(=O)(=O)N2CCC(c3nnc4ccc(OC)nn34)CC2)s1. The van der Waals surface area contributed by atoms with Crippen LogP contribution in [-0.4, -0.2) is 52.7 Å². The van der Waals surface area contributed by atoms with E-state index in [1.165, 1.54) is 11.3 Å². The van der Waals surface area contributed by atoms with Gasteiger partial charge in [0.15, 0.2) is 11.5 Å². The lowest BCUT2D eigenvalue weighted by atomic mass is 9.97. The average Bonchev–Trinajstić information content (AvgIpc) is 3.35. The Labute approximate surface area is 161 Å². The van der Waals surface area contributed by atoms with Crippen LogP contribution in [0.15, 0.2) is 28.5 Å². The molecule has 1 saturated heterocycles. The van der Waals surface area contributed by atoms with Crippen LogP contribution in [0.4, 0.5) is 0 Å². The van der Waals surface area contributed by atoms with Gasteiger partial charge in [-0.3, -0.25) is 0 Å². The summed E-state index contributed by atoms with van der Waals surface area (Å²) >= 11 is 1.36. The van der Waals surface area contributed by atoms with Crippen molar-refractivity contribution in [3.63, 3.8) is 0 Å². The summed E-state index contributed by atoms with van der Waals surface area (Å²) in [5, 5.41) is 12.8. The molecule has 4 rings (SSSR count). The summed E-state index contributed by atoms with van der Waals surface area (Å²) in [6, 6.07) is 7.16. The second kappa shape index (κ2) is 7.17. The molecule has 0 N–H and O–H groups in total. The lowest BCUT2D eigenvalue weighted by Gasteiger charge is -2.29. The highest BCUT2D eigenvalue weighted by Gasteiger charge is 2.32. The number of hydrogen-bond acceptors (Lipinski definition) is 7. The summed E-state index contributed by atoms with van der Waals surface area (Å²) in [5.74, 6) is 1.36. The summed E-state index contributed by atoms with van der Waals surface area (Å²) in [5.41, 5.74) is 0.659. The Balaban J connectivity index is 1.52. The van der Waals surface area contributed by atoms with Crippen molar-refractivity contribution < 1.29 is 13.2 Å². The molecule has 10 heteroatoms. The van der Waals surface area contributed by atoms with Gasteiger partial charge in [0.05, 0.1) is 7.11 Å². The predicted octanol–water partition coefficient (Wildman–Crippen LogP) is 2.33. The largest absolute Gasteiger partial charge is 0.480 e. The molecule has 1 fully saturated rings. The van der Waals surface area contributed by atoms with Crippen LogP contribution in [0, 0.1) is 0 Å². The Hall–Kier alpha value is -2.04. The standard InChI is InChI=1S/C17H21N5O3S2/c1-3-13-4-7-16(26-13)27(23,24)21-10-8-12(9-11-21)17-19-18-14-5-6-15(25-2)20-22(14)17/h4-7,12H,3,8-11H2,1-2H3. The maximum Gasteiger partial charge on any atom is 0.252 e. The lowest BCUT2D eigenvalue weighted by Crippen LogP contribution is -2.38. The van der Waals surface area contributed by atoms with Gasteiger partial charge in [0.1, 0.15) is 4.21 Å². The van der Waals surface area contributed by atoms with E-state index < -0.39 is 10.0 Å². The third kappa shape index (κ3) is 3.32. The molecule has 8 nitrogen and oxygen atoms in total. The Bertz CT molecular complexity index is 1050. The molecule has 144 valence electrons. The zero-order valence-electron chi connectivity index (χ0n) is 15.2. The first-order valence-corrected chi connectivity index (χ1v) is 11.1. The molecule has 0 aromatic carbocycles. The van der Waals surface area contributed by atoms with Crippen LogP contribution >= 0.6 is 11.3 Å². The van der Waals surface area contributed by atoms with Crippen molar-refractivity contribution in [3.8, 4) is 5.88 Å². The van der Waals surface area contributed by atoms with Crippen LogP contribution in [0.2, 0.25) is 0 Å². The summed E-state index contributed by atoms with van der Waals surface area (Å²) in [7, 11) is -1.86. The van der Waals surface area contributed by atoms with E-state index in [0.717, 1.165) is 17.1 Å². The highest BCUT2D eigenvalue weighted by molar-refractivity contribution is 7.91. The molecule has 0 unspecified atom stereocenters. The summed E-state index contributed by atoms with van der Waals surface area (Å²) in [6.07, 6.45) is 2.22. The smallest absolute Gasteiger partial charge is 0.252 e. The predicted molar refractivity (Wildman–Crippen MR) is 102 cm³/mol. The summed E-state index contributed by atoms with van der Waals surface area (Å²) < 4.78 is 34.6. The van der Waals surface area contributed by atoms with Crippen molar-refractivity contribution in [1.82, 2.24) is 24.1 Å². The number of ether oxygens (including phenoxy) is 1. The van der Waals surface area contributed by atoms with Crippen molar-refractivity contribution in [2.24, 2.45) is 0 Å². The molecule has 0 spiro atoms. The maximum absolute atomic E-state index is 12.9. The van der Waals surface area contributed by atoms with Gasteiger partial charge in [-0.05, 0) is 37.5 Å². The topological polar surface area (TPSA) is 89.7 Å². The number of aromatic nitrogens is 4. The highest BCUT2D eigenvalue weighted by Crippen LogP contribution is 2.32. The van der Waals surface area contributed by atoms with Gasteiger partial charge in [0.25, 0.3) is 10.0 Å². The molecule has 0 atom stereocenters. The van der Waals surface area contributed by atoms with Crippen LogP contribution in [0.1, 0.15) is 36.4 Å². The third-order valence-corrected chi connectivity index (χ3v) is 8.47. The molecule has 0 radical (unpaired) electrons. The van der Waals surface area contributed by atoms with E-state index in [0.29, 0.717) is 41.7 Å².